The van der Waals surface area contributed by atoms with Crippen LogP contribution in [-0.4, -0.2) is 31.2 Å². The number of ether oxygens (including phenoxy) is 1. The number of hydrogen-bond donors (Lipinski definition) is 2. The summed E-state index contributed by atoms with van der Waals surface area (Å²) in [5.74, 6) is -0.00981. The summed E-state index contributed by atoms with van der Waals surface area (Å²) in [6.45, 7) is 3.05. The van der Waals surface area contributed by atoms with Crippen LogP contribution in [0.25, 0.3) is 0 Å². The Balaban J connectivity index is 2.29. The first-order valence-corrected chi connectivity index (χ1v) is 4.39. The lowest BCUT2D eigenvalue weighted by Crippen LogP contribution is -2.43. The molecule has 0 unspecified atom stereocenters. The summed E-state index contributed by atoms with van der Waals surface area (Å²) in [7, 11) is 0. The molecular weight excluding hydrogens is 156 g/mol. The Morgan fingerprint density at radius 3 is 2.92 bits per heavy atom. The molecule has 0 bridgehead atoms. The highest BCUT2D eigenvalue weighted by Crippen LogP contribution is 2.11. The van der Waals surface area contributed by atoms with Crippen LogP contribution in [0, 0.1) is 0 Å². The van der Waals surface area contributed by atoms with E-state index >= 15 is 0 Å². The van der Waals surface area contributed by atoms with Gasteiger partial charge in [0.05, 0.1) is 6.61 Å². The second kappa shape index (κ2) is 4.42. The monoisotopic (exact) mass is 172 g/mol. The number of carbonyl (C=O) groups excluding carboxylic acids is 1. The lowest BCUT2D eigenvalue weighted by atomic mass is 10.1. The molecule has 4 nitrogen and oxygen atoms in total. The van der Waals surface area contributed by atoms with Crippen LogP contribution in [0.5, 0.6) is 0 Å². The Morgan fingerprint density at radius 1 is 1.67 bits per heavy atom. The summed E-state index contributed by atoms with van der Waals surface area (Å²) >= 11 is 0. The van der Waals surface area contributed by atoms with Crippen molar-refractivity contribution >= 4 is 5.91 Å². The topological polar surface area (TPSA) is 64.4 Å². The SMILES string of the molecule is CCNC(=O)[C@@H]1CC[C@@H](N)CO1. The smallest absolute Gasteiger partial charge is 0.249 e. The Labute approximate surface area is 72.5 Å². The number of amides is 1. The molecule has 1 amide bonds. The molecule has 1 heterocycles. The molecule has 0 aromatic heterocycles. The molecule has 0 aliphatic carbocycles. The maximum Gasteiger partial charge on any atom is 0.249 e. The van der Waals surface area contributed by atoms with Crippen molar-refractivity contribution in [2.24, 2.45) is 5.73 Å². The second-order valence-corrected chi connectivity index (χ2v) is 3.05. The summed E-state index contributed by atoms with van der Waals surface area (Å²) in [5.41, 5.74) is 5.61. The molecule has 0 aromatic rings. The van der Waals surface area contributed by atoms with Gasteiger partial charge in [-0.3, -0.25) is 4.79 Å². The third kappa shape index (κ3) is 2.46. The van der Waals surface area contributed by atoms with Crippen molar-refractivity contribution in [1.82, 2.24) is 5.32 Å². The minimum absolute atomic E-state index is 0.00981. The Hall–Kier alpha value is -0.610. The first-order chi connectivity index (χ1) is 5.74. The number of rotatable bonds is 2. The third-order valence-corrected chi connectivity index (χ3v) is 1.95. The van der Waals surface area contributed by atoms with Crippen LogP contribution in [0.15, 0.2) is 0 Å². The van der Waals surface area contributed by atoms with Crippen LogP contribution >= 0.6 is 0 Å². The fourth-order valence-electron chi connectivity index (χ4n) is 1.27. The van der Waals surface area contributed by atoms with Crippen LogP contribution in [0.2, 0.25) is 0 Å². The van der Waals surface area contributed by atoms with Crippen molar-refractivity contribution in [2.75, 3.05) is 13.2 Å². The van der Waals surface area contributed by atoms with E-state index in [2.05, 4.69) is 5.32 Å². The van der Waals surface area contributed by atoms with Gasteiger partial charge in [-0.05, 0) is 19.8 Å². The van der Waals surface area contributed by atoms with E-state index in [1.165, 1.54) is 0 Å². The molecule has 70 valence electrons. The second-order valence-electron chi connectivity index (χ2n) is 3.05. The average Bonchev–Trinajstić information content (AvgIpc) is 2.06. The van der Waals surface area contributed by atoms with Gasteiger partial charge in [0.15, 0.2) is 0 Å². The van der Waals surface area contributed by atoms with Crippen molar-refractivity contribution in [3.63, 3.8) is 0 Å². The molecular formula is C8H16N2O2. The molecule has 3 N–H and O–H groups in total. The first-order valence-electron chi connectivity index (χ1n) is 4.39. The van der Waals surface area contributed by atoms with E-state index in [9.17, 15) is 4.79 Å². The van der Waals surface area contributed by atoms with Crippen molar-refractivity contribution in [1.29, 1.82) is 0 Å². The third-order valence-electron chi connectivity index (χ3n) is 1.95. The van der Waals surface area contributed by atoms with E-state index in [1.807, 2.05) is 6.92 Å². The molecule has 2 atom stereocenters. The fraction of sp³-hybridized carbons (Fsp3) is 0.875. The molecule has 0 saturated carbocycles. The molecule has 1 aliphatic heterocycles. The van der Waals surface area contributed by atoms with Crippen molar-refractivity contribution in [3.8, 4) is 0 Å². The van der Waals surface area contributed by atoms with Crippen LogP contribution in [0.4, 0.5) is 0 Å². The van der Waals surface area contributed by atoms with Gasteiger partial charge in [0.1, 0.15) is 6.10 Å². The number of carbonyl (C=O) groups is 1. The minimum Gasteiger partial charge on any atom is -0.367 e. The van der Waals surface area contributed by atoms with Gasteiger partial charge in [0.25, 0.3) is 0 Å². The molecule has 0 aromatic carbocycles. The lowest BCUT2D eigenvalue weighted by Gasteiger charge is -2.25. The highest BCUT2D eigenvalue weighted by Gasteiger charge is 2.24. The Bertz CT molecular complexity index is 153. The lowest BCUT2D eigenvalue weighted by molar-refractivity contribution is -0.135. The highest BCUT2D eigenvalue weighted by molar-refractivity contribution is 5.80. The summed E-state index contributed by atoms with van der Waals surface area (Å²) < 4.78 is 5.27. The predicted molar refractivity (Wildman–Crippen MR) is 45.6 cm³/mol. The maximum atomic E-state index is 11.2. The quantitative estimate of drug-likeness (QED) is 0.597. The average molecular weight is 172 g/mol. The highest BCUT2D eigenvalue weighted by atomic mass is 16.5. The zero-order chi connectivity index (χ0) is 8.97. The predicted octanol–water partition coefficient (Wildman–Crippen LogP) is -0.371. The van der Waals surface area contributed by atoms with E-state index in [0.29, 0.717) is 13.2 Å². The normalized spacial score (nSPS) is 29.8. The van der Waals surface area contributed by atoms with Crippen LogP contribution in [-0.2, 0) is 9.53 Å². The molecule has 0 spiro atoms. The summed E-state index contributed by atoms with van der Waals surface area (Å²) in [4.78, 5) is 11.2. The van der Waals surface area contributed by atoms with Gasteiger partial charge in [-0.2, -0.15) is 0 Å². The van der Waals surface area contributed by atoms with Gasteiger partial charge in [-0.25, -0.2) is 0 Å². The van der Waals surface area contributed by atoms with Gasteiger partial charge in [0, 0.05) is 12.6 Å². The molecule has 1 aliphatic rings. The van der Waals surface area contributed by atoms with E-state index in [0.717, 1.165) is 12.8 Å². The molecule has 1 fully saturated rings. The van der Waals surface area contributed by atoms with Crippen molar-refractivity contribution in [3.05, 3.63) is 0 Å². The molecule has 4 heteroatoms. The van der Waals surface area contributed by atoms with Gasteiger partial charge < -0.3 is 15.8 Å². The summed E-state index contributed by atoms with van der Waals surface area (Å²) in [5, 5.41) is 2.73. The van der Waals surface area contributed by atoms with E-state index in [4.69, 9.17) is 10.5 Å². The zero-order valence-electron chi connectivity index (χ0n) is 7.38. The Kier molecular flexibility index (Phi) is 3.49. The van der Waals surface area contributed by atoms with E-state index in [-0.39, 0.29) is 18.1 Å². The first kappa shape index (κ1) is 9.48. The fourth-order valence-corrected chi connectivity index (χ4v) is 1.27. The van der Waals surface area contributed by atoms with Gasteiger partial charge >= 0.3 is 0 Å². The van der Waals surface area contributed by atoms with Gasteiger partial charge in [0.2, 0.25) is 5.91 Å². The van der Waals surface area contributed by atoms with Crippen LogP contribution in [0.1, 0.15) is 19.8 Å². The Morgan fingerprint density at radius 2 is 2.42 bits per heavy atom. The van der Waals surface area contributed by atoms with E-state index in [1.54, 1.807) is 0 Å². The summed E-state index contributed by atoms with van der Waals surface area (Å²) in [6, 6.07) is 0.107. The van der Waals surface area contributed by atoms with Crippen molar-refractivity contribution < 1.29 is 9.53 Å². The number of hydrogen-bond acceptors (Lipinski definition) is 3. The van der Waals surface area contributed by atoms with E-state index < -0.39 is 0 Å². The summed E-state index contributed by atoms with van der Waals surface area (Å²) in [6.07, 6.45) is 1.35. The standard InChI is InChI=1S/C8H16N2O2/c1-2-10-8(11)7-4-3-6(9)5-12-7/h6-7H,2-5,9H2,1H3,(H,10,11)/t6-,7+/m1/s1. The maximum absolute atomic E-state index is 11.2. The van der Waals surface area contributed by atoms with Crippen molar-refractivity contribution in [2.45, 2.75) is 31.9 Å². The van der Waals surface area contributed by atoms with Gasteiger partial charge in [-0.1, -0.05) is 0 Å². The largest absolute Gasteiger partial charge is 0.367 e. The van der Waals surface area contributed by atoms with Gasteiger partial charge in [-0.15, -0.1) is 0 Å². The zero-order valence-corrected chi connectivity index (χ0v) is 7.38. The molecule has 0 radical (unpaired) electrons. The minimum atomic E-state index is -0.273. The van der Waals surface area contributed by atoms with Crippen LogP contribution < -0.4 is 11.1 Å². The number of nitrogens with two attached hydrogens (primary N) is 1. The molecule has 1 rings (SSSR count). The molecule has 1 saturated heterocycles. The molecule has 12 heavy (non-hydrogen) atoms. The van der Waals surface area contributed by atoms with Crippen LogP contribution in [0.3, 0.4) is 0 Å². The number of likely N-dealkylation sites (N-methyl/N-ethyl adjacent to an activating group) is 1. The number of nitrogens with one attached hydrogen (secondary N) is 1.